The van der Waals surface area contributed by atoms with Gasteiger partial charge in [-0.05, 0) is 51.2 Å². The minimum Gasteiger partial charge on any atom is -0.314 e. The zero-order valence-electron chi connectivity index (χ0n) is 10.2. The van der Waals surface area contributed by atoms with E-state index in [9.17, 15) is 0 Å². The Bertz CT molecular complexity index is 175. The van der Waals surface area contributed by atoms with Crippen molar-refractivity contribution in [2.75, 3.05) is 26.2 Å². The zero-order chi connectivity index (χ0) is 10.5. The lowest BCUT2D eigenvalue weighted by Gasteiger charge is -2.16. The summed E-state index contributed by atoms with van der Waals surface area (Å²) in [6, 6.07) is 0.850. The molecule has 0 bridgehead atoms. The summed E-state index contributed by atoms with van der Waals surface area (Å²) < 4.78 is 0. The Hall–Kier alpha value is -0.0800. The van der Waals surface area contributed by atoms with E-state index in [2.05, 4.69) is 17.1 Å². The molecule has 1 heterocycles. The first-order chi connectivity index (χ1) is 7.34. The maximum Gasteiger partial charge on any atom is 0.00670 e. The van der Waals surface area contributed by atoms with Crippen molar-refractivity contribution in [2.24, 2.45) is 5.92 Å². The van der Waals surface area contributed by atoms with Crippen molar-refractivity contribution in [1.29, 1.82) is 0 Å². The standard InChI is InChI=1S/C13H26N2/c1-12-7-10-15(11-12)9-4-8-14-13-5-2-3-6-13/h12-14H,2-11H2,1H3. The molecule has 1 atom stereocenters. The predicted molar refractivity (Wildman–Crippen MR) is 65.1 cm³/mol. The number of hydrogen-bond acceptors (Lipinski definition) is 2. The lowest BCUT2D eigenvalue weighted by Crippen LogP contribution is -2.30. The summed E-state index contributed by atoms with van der Waals surface area (Å²) in [6.45, 7) is 7.59. The molecule has 2 nitrogen and oxygen atoms in total. The summed E-state index contributed by atoms with van der Waals surface area (Å²) >= 11 is 0. The van der Waals surface area contributed by atoms with Crippen molar-refractivity contribution in [1.82, 2.24) is 10.2 Å². The van der Waals surface area contributed by atoms with Gasteiger partial charge in [-0.25, -0.2) is 0 Å². The number of nitrogens with zero attached hydrogens (tertiary/aromatic N) is 1. The molecule has 2 rings (SSSR count). The average molecular weight is 210 g/mol. The molecule has 2 aliphatic rings. The molecule has 1 aliphatic heterocycles. The first-order valence-electron chi connectivity index (χ1n) is 6.80. The van der Waals surface area contributed by atoms with E-state index in [0.29, 0.717) is 0 Å². The number of likely N-dealkylation sites (tertiary alicyclic amines) is 1. The van der Waals surface area contributed by atoms with E-state index in [1.807, 2.05) is 0 Å². The lowest BCUT2D eigenvalue weighted by molar-refractivity contribution is 0.317. The van der Waals surface area contributed by atoms with Crippen LogP contribution in [0, 0.1) is 5.92 Å². The summed E-state index contributed by atoms with van der Waals surface area (Å²) in [5.74, 6) is 0.938. The fourth-order valence-corrected chi connectivity index (χ4v) is 2.97. The molecule has 0 spiro atoms. The molecule has 1 unspecified atom stereocenters. The minimum atomic E-state index is 0.850. The smallest absolute Gasteiger partial charge is 0.00670 e. The van der Waals surface area contributed by atoms with E-state index in [-0.39, 0.29) is 0 Å². The van der Waals surface area contributed by atoms with Gasteiger partial charge in [-0.2, -0.15) is 0 Å². The highest BCUT2D eigenvalue weighted by Crippen LogP contribution is 2.18. The van der Waals surface area contributed by atoms with Gasteiger partial charge in [0.2, 0.25) is 0 Å². The molecule has 88 valence electrons. The second-order valence-corrected chi connectivity index (χ2v) is 5.48. The van der Waals surface area contributed by atoms with Crippen LogP contribution >= 0.6 is 0 Å². The summed E-state index contributed by atoms with van der Waals surface area (Å²) in [5.41, 5.74) is 0. The summed E-state index contributed by atoms with van der Waals surface area (Å²) in [7, 11) is 0. The zero-order valence-corrected chi connectivity index (χ0v) is 10.2. The number of nitrogens with one attached hydrogen (secondary N) is 1. The van der Waals surface area contributed by atoms with Crippen molar-refractivity contribution < 1.29 is 0 Å². The van der Waals surface area contributed by atoms with E-state index in [0.717, 1.165) is 12.0 Å². The van der Waals surface area contributed by atoms with E-state index >= 15 is 0 Å². The van der Waals surface area contributed by atoms with Gasteiger partial charge < -0.3 is 10.2 Å². The fourth-order valence-electron chi connectivity index (χ4n) is 2.97. The second-order valence-electron chi connectivity index (χ2n) is 5.48. The van der Waals surface area contributed by atoms with Gasteiger partial charge in [-0.1, -0.05) is 19.8 Å². The molecule has 2 fully saturated rings. The second kappa shape index (κ2) is 5.86. The molecule has 1 aliphatic carbocycles. The lowest BCUT2D eigenvalue weighted by atomic mass is 10.2. The van der Waals surface area contributed by atoms with E-state index in [1.165, 1.54) is 64.7 Å². The predicted octanol–water partition coefficient (Wildman–Crippen LogP) is 2.25. The molecule has 1 N–H and O–H groups in total. The molecule has 0 radical (unpaired) electrons. The highest BCUT2D eigenvalue weighted by molar-refractivity contribution is 4.75. The monoisotopic (exact) mass is 210 g/mol. The third kappa shape index (κ3) is 3.76. The third-order valence-corrected chi connectivity index (χ3v) is 3.95. The van der Waals surface area contributed by atoms with Crippen LogP contribution in [0.3, 0.4) is 0 Å². The maximum atomic E-state index is 3.69. The molecular weight excluding hydrogens is 184 g/mol. The van der Waals surface area contributed by atoms with Crippen molar-refractivity contribution in [3.05, 3.63) is 0 Å². The molecule has 0 amide bonds. The van der Waals surface area contributed by atoms with Gasteiger partial charge >= 0.3 is 0 Å². The fraction of sp³-hybridized carbons (Fsp3) is 1.00. The number of rotatable bonds is 5. The van der Waals surface area contributed by atoms with E-state index < -0.39 is 0 Å². The van der Waals surface area contributed by atoms with Crippen molar-refractivity contribution in [3.63, 3.8) is 0 Å². The van der Waals surface area contributed by atoms with Crippen LogP contribution in [0.4, 0.5) is 0 Å². The van der Waals surface area contributed by atoms with Crippen LogP contribution in [-0.2, 0) is 0 Å². The van der Waals surface area contributed by atoms with Crippen LogP contribution < -0.4 is 5.32 Å². The Morgan fingerprint density at radius 3 is 2.67 bits per heavy atom. The van der Waals surface area contributed by atoms with Crippen LogP contribution in [0.1, 0.15) is 45.4 Å². The van der Waals surface area contributed by atoms with Crippen LogP contribution in [0.2, 0.25) is 0 Å². The Balaban J connectivity index is 1.48. The van der Waals surface area contributed by atoms with Gasteiger partial charge in [0.25, 0.3) is 0 Å². The van der Waals surface area contributed by atoms with Crippen LogP contribution in [0.5, 0.6) is 0 Å². The van der Waals surface area contributed by atoms with Crippen molar-refractivity contribution in [3.8, 4) is 0 Å². The van der Waals surface area contributed by atoms with Gasteiger partial charge in [0.05, 0.1) is 0 Å². The van der Waals surface area contributed by atoms with Crippen LogP contribution in [0.25, 0.3) is 0 Å². The van der Waals surface area contributed by atoms with Crippen molar-refractivity contribution >= 4 is 0 Å². The number of hydrogen-bond donors (Lipinski definition) is 1. The molecule has 1 saturated heterocycles. The Labute approximate surface area is 94.4 Å². The average Bonchev–Trinajstić information content (AvgIpc) is 2.84. The molecule has 15 heavy (non-hydrogen) atoms. The maximum absolute atomic E-state index is 3.69. The first-order valence-corrected chi connectivity index (χ1v) is 6.80. The Morgan fingerprint density at radius 2 is 2.00 bits per heavy atom. The minimum absolute atomic E-state index is 0.850. The highest BCUT2D eigenvalue weighted by Gasteiger charge is 2.18. The van der Waals surface area contributed by atoms with Gasteiger partial charge in [0, 0.05) is 12.6 Å². The normalized spacial score (nSPS) is 29.0. The molecule has 0 aromatic rings. The largest absolute Gasteiger partial charge is 0.314 e. The topological polar surface area (TPSA) is 15.3 Å². The van der Waals surface area contributed by atoms with Gasteiger partial charge in [-0.15, -0.1) is 0 Å². The van der Waals surface area contributed by atoms with Gasteiger partial charge in [-0.3, -0.25) is 0 Å². The Morgan fingerprint density at radius 1 is 1.20 bits per heavy atom. The summed E-state index contributed by atoms with van der Waals surface area (Å²) in [5, 5.41) is 3.69. The molecular formula is C13H26N2. The molecule has 2 heteroatoms. The third-order valence-electron chi connectivity index (χ3n) is 3.95. The summed E-state index contributed by atoms with van der Waals surface area (Å²) in [4.78, 5) is 2.63. The van der Waals surface area contributed by atoms with Crippen LogP contribution in [0.15, 0.2) is 0 Å². The van der Waals surface area contributed by atoms with E-state index in [4.69, 9.17) is 0 Å². The van der Waals surface area contributed by atoms with Gasteiger partial charge in [0.1, 0.15) is 0 Å². The van der Waals surface area contributed by atoms with Crippen molar-refractivity contribution in [2.45, 2.75) is 51.5 Å². The first kappa shape index (κ1) is 11.4. The summed E-state index contributed by atoms with van der Waals surface area (Å²) in [6.07, 6.45) is 8.48. The van der Waals surface area contributed by atoms with Gasteiger partial charge in [0.15, 0.2) is 0 Å². The van der Waals surface area contributed by atoms with E-state index in [1.54, 1.807) is 0 Å². The molecule has 0 aromatic carbocycles. The quantitative estimate of drug-likeness (QED) is 0.700. The van der Waals surface area contributed by atoms with Crippen LogP contribution in [-0.4, -0.2) is 37.1 Å². The SMILES string of the molecule is CC1CCN(CCCNC2CCCC2)C1. The molecule has 0 aromatic heterocycles. The highest BCUT2D eigenvalue weighted by atomic mass is 15.1. The Kier molecular flexibility index (Phi) is 4.45. The molecule has 1 saturated carbocycles.